The zero-order valence-electron chi connectivity index (χ0n) is 9.91. The molecular formula is C11H21N3. The molecule has 1 rings (SSSR count). The van der Waals surface area contributed by atoms with Crippen LogP contribution >= 0.6 is 0 Å². The summed E-state index contributed by atoms with van der Waals surface area (Å²) in [4.78, 5) is 0. The van der Waals surface area contributed by atoms with Crippen LogP contribution in [0.1, 0.15) is 52.0 Å². The second kappa shape index (κ2) is 4.58. The molecule has 0 bridgehead atoms. The maximum Gasteiger partial charge on any atom is 0.0861 e. The van der Waals surface area contributed by atoms with E-state index in [0.717, 1.165) is 12.8 Å². The lowest BCUT2D eigenvalue weighted by Gasteiger charge is -2.09. The van der Waals surface area contributed by atoms with Crippen molar-refractivity contribution in [3.8, 4) is 0 Å². The van der Waals surface area contributed by atoms with Crippen LogP contribution in [0.5, 0.6) is 0 Å². The van der Waals surface area contributed by atoms with Gasteiger partial charge < -0.3 is 0 Å². The van der Waals surface area contributed by atoms with Gasteiger partial charge in [0.25, 0.3) is 0 Å². The van der Waals surface area contributed by atoms with E-state index in [1.165, 1.54) is 11.4 Å². The van der Waals surface area contributed by atoms with E-state index < -0.39 is 0 Å². The summed E-state index contributed by atoms with van der Waals surface area (Å²) in [6.07, 6.45) is 2.06. The normalized spacial score (nSPS) is 11.6. The van der Waals surface area contributed by atoms with Gasteiger partial charge in [0.1, 0.15) is 0 Å². The van der Waals surface area contributed by atoms with Crippen molar-refractivity contribution in [1.82, 2.24) is 15.0 Å². The smallest absolute Gasteiger partial charge is 0.0861 e. The van der Waals surface area contributed by atoms with Gasteiger partial charge in [-0.3, -0.25) is 0 Å². The third-order valence-electron chi connectivity index (χ3n) is 2.30. The molecule has 0 spiro atoms. The molecule has 0 atom stereocenters. The van der Waals surface area contributed by atoms with E-state index in [1.807, 2.05) is 4.68 Å². The third kappa shape index (κ3) is 2.34. The van der Waals surface area contributed by atoms with Crippen LogP contribution in [0.25, 0.3) is 0 Å². The van der Waals surface area contributed by atoms with E-state index in [4.69, 9.17) is 0 Å². The van der Waals surface area contributed by atoms with Crippen molar-refractivity contribution in [3.05, 3.63) is 11.4 Å². The molecule has 0 radical (unpaired) electrons. The highest BCUT2D eigenvalue weighted by molar-refractivity contribution is 5.11. The number of rotatable bonds is 4. The Kier molecular flexibility index (Phi) is 3.67. The molecule has 1 aromatic rings. The van der Waals surface area contributed by atoms with E-state index in [9.17, 15) is 0 Å². The molecule has 1 aromatic heterocycles. The molecule has 80 valence electrons. The molecule has 0 amide bonds. The Labute approximate surface area is 86.5 Å². The Bertz CT molecular complexity index is 287. The minimum Gasteiger partial charge on any atom is -0.247 e. The lowest BCUT2D eigenvalue weighted by Crippen LogP contribution is -2.08. The molecule has 1 heterocycles. The maximum atomic E-state index is 4.26. The first-order valence-corrected chi connectivity index (χ1v) is 5.49. The summed E-state index contributed by atoms with van der Waals surface area (Å²) >= 11 is 0. The van der Waals surface area contributed by atoms with Gasteiger partial charge >= 0.3 is 0 Å². The van der Waals surface area contributed by atoms with Crippen molar-refractivity contribution in [2.24, 2.45) is 5.92 Å². The average molecular weight is 195 g/mol. The van der Waals surface area contributed by atoms with Crippen molar-refractivity contribution in [2.45, 2.75) is 53.5 Å². The van der Waals surface area contributed by atoms with Crippen LogP contribution in [0.3, 0.4) is 0 Å². The minimum atomic E-state index is 0.415. The molecule has 0 aliphatic rings. The van der Waals surface area contributed by atoms with Gasteiger partial charge in [-0.15, -0.1) is 5.10 Å². The van der Waals surface area contributed by atoms with Crippen molar-refractivity contribution in [2.75, 3.05) is 0 Å². The Morgan fingerprint density at radius 2 is 1.86 bits per heavy atom. The van der Waals surface area contributed by atoms with E-state index in [2.05, 4.69) is 44.9 Å². The topological polar surface area (TPSA) is 30.7 Å². The van der Waals surface area contributed by atoms with Gasteiger partial charge in [-0.1, -0.05) is 26.0 Å². The van der Waals surface area contributed by atoms with Crippen LogP contribution in [0.2, 0.25) is 0 Å². The van der Waals surface area contributed by atoms with E-state index in [1.54, 1.807) is 0 Å². The van der Waals surface area contributed by atoms with Crippen molar-refractivity contribution in [3.63, 3.8) is 0 Å². The van der Waals surface area contributed by atoms with Crippen LogP contribution in [-0.2, 0) is 12.8 Å². The number of hydrogen-bond acceptors (Lipinski definition) is 2. The summed E-state index contributed by atoms with van der Waals surface area (Å²) in [6, 6.07) is 0.415. The summed E-state index contributed by atoms with van der Waals surface area (Å²) in [5.41, 5.74) is 2.48. The van der Waals surface area contributed by atoms with Crippen LogP contribution < -0.4 is 0 Å². The number of aromatic nitrogens is 3. The van der Waals surface area contributed by atoms with Crippen LogP contribution in [0, 0.1) is 5.92 Å². The van der Waals surface area contributed by atoms with E-state index >= 15 is 0 Å². The Balaban J connectivity index is 2.95. The maximum absolute atomic E-state index is 4.26. The molecular weight excluding hydrogens is 174 g/mol. The molecule has 3 heteroatoms. The highest BCUT2D eigenvalue weighted by Crippen LogP contribution is 2.15. The molecule has 0 saturated carbocycles. The molecule has 0 aliphatic carbocycles. The molecule has 0 unspecified atom stereocenters. The highest BCUT2D eigenvalue weighted by Gasteiger charge is 2.13. The fraction of sp³-hybridized carbons (Fsp3) is 0.818. The van der Waals surface area contributed by atoms with Crippen LogP contribution in [0.15, 0.2) is 0 Å². The average Bonchev–Trinajstić information content (AvgIpc) is 2.46. The SMILES string of the molecule is CCc1c(CC(C)C)nnn1C(C)C. The van der Waals surface area contributed by atoms with Gasteiger partial charge in [0, 0.05) is 6.04 Å². The monoisotopic (exact) mass is 195 g/mol. The van der Waals surface area contributed by atoms with E-state index in [-0.39, 0.29) is 0 Å². The molecule has 0 aromatic carbocycles. The van der Waals surface area contributed by atoms with Crippen molar-refractivity contribution < 1.29 is 0 Å². The predicted molar refractivity (Wildman–Crippen MR) is 58.3 cm³/mol. The lowest BCUT2D eigenvalue weighted by atomic mass is 10.1. The Morgan fingerprint density at radius 1 is 1.21 bits per heavy atom. The van der Waals surface area contributed by atoms with Crippen LogP contribution in [-0.4, -0.2) is 15.0 Å². The molecule has 0 N–H and O–H groups in total. The van der Waals surface area contributed by atoms with Gasteiger partial charge in [-0.05, 0) is 32.6 Å². The number of nitrogens with zero attached hydrogens (tertiary/aromatic N) is 3. The van der Waals surface area contributed by atoms with Gasteiger partial charge in [-0.25, -0.2) is 4.68 Å². The van der Waals surface area contributed by atoms with Crippen molar-refractivity contribution >= 4 is 0 Å². The fourth-order valence-electron chi connectivity index (χ4n) is 1.67. The van der Waals surface area contributed by atoms with Gasteiger partial charge in [0.05, 0.1) is 11.4 Å². The summed E-state index contributed by atoms with van der Waals surface area (Å²) in [6.45, 7) is 10.9. The van der Waals surface area contributed by atoms with Crippen molar-refractivity contribution in [1.29, 1.82) is 0 Å². The van der Waals surface area contributed by atoms with Crippen LogP contribution in [0.4, 0.5) is 0 Å². The molecule has 0 fully saturated rings. The quantitative estimate of drug-likeness (QED) is 0.739. The largest absolute Gasteiger partial charge is 0.247 e. The van der Waals surface area contributed by atoms with Gasteiger partial charge in [-0.2, -0.15) is 0 Å². The summed E-state index contributed by atoms with van der Waals surface area (Å²) in [5.74, 6) is 0.651. The summed E-state index contributed by atoms with van der Waals surface area (Å²) in [7, 11) is 0. The third-order valence-corrected chi connectivity index (χ3v) is 2.30. The molecule has 3 nitrogen and oxygen atoms in total. The van der Waals surface area contributed by atoms with E-state index in [0.29, 0.717) is 12.0 Å². The Morgan fingerprint density at radius 3 is 2.29 bits per heavy atom. The molecule has 14 heavy (non-hydrogen) atoms. The predicted octanol–water partition coefficient (Wildman–Crippen LogP) is 2.62. The second-order valence-electron chi connectivity index (χ2n) is 4.47. The first-order chi connectivity index (χ1) is 6.56. The standard InChI is InChI=1S/C11H21N3/c1-6-11-10(7-8(2)3)12-13-14(11)9(4)5/h8-9H,6-7H2,1-5H3. The molecule has 0 saturated heterocycles. The first-order valence-electron chi connectivity index (χ1n) is 5.49. The summed E-state index contributed by atoms with van der Waals surface area (Å²) < 4.78 is 2.04. The highest BCUT2D eigenvalue weighted by atomic mass is 15.4. The van der Waals surface area contributed by atoms with Gasteiger partial charge in [0.2, 0.25) is 0 Å². The molecule has 0 aliphatic heterocycles. The van der Waals surface area contributed by atoms with Gasteiger partial charge in [0.15, 0.2) is 0 Å². The minimum absolute atomic E-state index is 0.415. The zero-order chi connectivity index (χ0) is 10.7. The zero-order valence-corrected chi connectivity index (χ0v) is 9.91. The summed E-state index contributed by atoms with van der Waals surface area (Å²) in [5, 5.41) is 8.47. The lowest BCUT2D eigenvalue weighted by molar-refractivity contribution is 0.496. The first kappa shape index (κ1) is 11.2. The Hall–Kier alpha value is -0.860. The fourth-order valence-corrected chi connectivity index (χ4v) is 1.67. The second-order valence-corrected chi connectivity index (χ2v) is 4.47. The number of hydrogen-bond donors (Lipinski definition) is 0.